The van der Waals surface area contributed by atoms with Crippen LogP contribution in [0.3, 0.4) is 0 Å². The van der Waals surface area contributed by atoms with Crippen molar-refractivity contribution in [1.82, 2.24) is 0 Å². The van der Waals surface area contributed by atoms with Gasteiger partial charge in [0.1, 0.15) is 5.82 Å². The Morgan fingerprint density at radius 2 is 1.92 bits per heavy atom. The SMILES string of the molecule is C[C@H](O)CCCc1ccc(F)cc1. The van der Waals surface area contributed by atoms with Crippen molar-refractivity contribution in [1.29, 1.82) is 0 Å². The highest BCUT2D eigenvalue weighted by atomic mass is 19.1. The van der Waals surface area contributed by atoms with Crippen molar-refractivity contribution in [3.05, 3.63) is 35.6 Å². The molecular formula is C11H15FO. The van der Waals surface area contributed by atoms with Crippen LogP contribution in [0.15, 0.2) is 24.3 Å². The highest BCUT2D eigenvalue weighted by Gasteiger charge is 1.97. The monoisotopic (exact) mass is 182 g/mol. The number of benzene rings is 1. The van der Waals surface area contributed by atoms with Crippen molar-refractivity contribution in [3.63, 3.8) is 0 Å². The maximum Gasteiger partial charge on any atom is 0.123 e. The third kappa shape index (κ3) is 4.04. The van der Waals surface area contributed by atoms with Crippen LogP contribution in [0.4, 0.5) is 4.39 Å². The highest BCUT2D eigenvalue weighted by molar-refractivity contribution is 5.15. The Kier molecular flexibility index (Phi) is 3.90. The molecule has 1 rings (SSSR count). The second-order valence-corrected chi connectivity index (χ2v) is 3.37. The third-order valence-electron chi connectivity index (χ3n) is 2.00. The summed E-state index contributed by atoms with van der Waals surface area (Å²) >= 11 is 0. The Balaban J connectivity index is 2.33. The number of aryl methyl sites for hydroxylation is 1. The van der Waals surface area contributed by atoms with Crippen LogP contribution in [0.1, 0.15) is 25.3 Å². The summed E-state index contributed by atoms with van der Waals surface area (Å²) in [4.78, 5) is 0. The molecule has 72 valence electrons. The van der Waals surface area contributed by atoms with E-state index in [9.17, 15) is 4.39 Å². The molecule has 13 heavy (non-hydrogen) atoms. The molecule has 1 aromatic rings. The van der Waals surface area contributed by atoms with Crippen LogP contribution in [0.2, 0.25) is 0 Å². The summed E-state index contributed by atoms with van der Waals surface area (Å²) in [6, 6.07) is 6.52. The van der Waals surface area contributed by atoms with Crippen LogP contribution < -0.4 is 0 Å². The van der Waals surface area contributed by atoms with Crippen molar-refractivity contribution in [3.8, 4) is 0 Å². The summed E-state index contributed by atoms with van der Waals surface area (Å²) in [5.41, 5.74) is 1.13. The minimum Gasteiger partial charge on any atom is -0.393 e. The zero-order valence-corrected chi connectivity index (χ0v) is 7.83. The number of halogens is 1. The number of aliphatic hydroxyl groups excluding tert-OH is 1. The molecule has 2 heteroatoms. The molecule has 0 radical (unpaired) electrons. The Morgan fingerprint density at radius 1 is 1.31 bits per heavy atom. The van der Waals surface area contributed by atoms with E-state index < -0.39 is 0 Å². The average molecular weight is 182 g/mol. The number of hydrogen-bond acceptors (Lipinski definition) is 1. The topological polar surface area (TPSA) is 20.2 Å². The minimum atomic E-state index is -0.236. The van der Waals surface area contributed by atoms with Gasteiger partial charge < -0.3 is 5.11 Å². The second-order valence-electron chi connectivity index (χ2n) is 3.37. The summed E-state index contributed by atoms with van der Waals surface area (Å²) < 4.78 is 12.5. The molecular weight excluding hydrogens is 167 g/mol. The van der Waals surface area contributed by atoms with Gasteiger partial charge in [0.2, 0.25) is 0 Å². The summed E-state index contributed by atoms with van der Waals surface area (Å²) in [5.74, 6) is -0.195. The van der Waals surface area contributed by atoms with E-state index in [4.69, 9.17) is 5.11 Å². The lowest BCUT2D eigenvalue weighted by Crippen LogP contribution is -1.99. The predicted molar refractivity (Wildman–Crippen MR) is 51.0 cm³/mol. The van der Waals surface area contributed by atoms with Crippen LogP contribution in [0.25, 0.3) is 0 Å². The molecule has 0 aliphatic carbocycles. The molecule has 1 nitrogen and oxygen atoms in total. The van der Waals surface area contributed by atoms with E-state index in [-0.39, 0.29) is 11.9 Å². The van der Waals surface area contributed by atoms with Crippen LogP contribution in [0.5, 0.6) is 0 Å². The zero-order chi connectivity index (χ0) is 9.68. The lowest BCUT2D eigenvalue weighted by molar-refractivity contribution is 0.182. The molecule has 0 heterocycles. The quantitative estimate of drug-likeness (QED) is 0.758. The van der Waals surface area contributed by atoms with E-state index >= 15 is 0 Å². The van der Waals surface area contributed by atoms with E-state index in [1.54, 1.807) is 19.1 Å². The third-order valence-corrected chi connectivity index (χ3v) is 2.00. The summed E-state index contributed by atoms with van der Waals surface area (Å²) in [6.07, 6.45) is 2.42. The van der Waals surface area contributed by atoms with Crippen LogP contribution in [-0.4, -0.2) is 11.2 Å². The van der Waals surface area contributed by atoms with Gasteiger partial charge in [-0.1, -0.05) is 12.1 Å². The van der Waals surface area contributed by atoms with Crippen LogP contribution >= 0.6 is 0 Å². The molecule has 1 N–H and O–H groups in total. The molecule has 0 amide bonds. The van der Waals surface area contributed by atoms with Gasteiger partial charge in [-0.3, -0.25) is 0 Å². The first-order valence-corrected chi connectivity index (χ1v) is 4.61. The summed E-state index contributed by atoms with van der Waals surface area (Å²) in [6.45, 7) is 1.78. The lowest BCUT2D eigenvalue weighted by Gasteiger charge is -2.03. The van der Waals surface area contributed by atoms with E-state index in [2.05, 4.69) is 0 Å². The second kappa shape index (κ2) is 4.97. The van der Waals surface area contributed by atoms with Crippen molar-refractivity contribution >= 4 is 0 Å². The molecule has 0 aliphatic rings. The van der Waals surface area contributed by atoms with Gasteiger partial charge >= 0.3 is 0 Å². The van der Waals surface area contributed by atoms with Crippen LogP contribution in [0, 0.1) is 5.82 Å². The van der Waals surface area contributed by atoms with E-state index in [0.29, 0.717) is 0 Å². The van der Waals surface area contributed by atoms with E-state index in [0.717, 1.165) is 24.8 Å². The molecule has 1 aromatic carbocycles. The Hall–Kier alpha value is -0.890. The minimum absolute atomic E-state index is 0.195. The largest absolute Gasteiger partial charge is 0.393 e. The van der Waals surface area contributed by atoms with E-state index in [1.807, 2.05) is 0 Å². The molecule has 0 saturated carbocycles. The average Bonchev–Trinajstić information content (AvgIpc) is 2.08. The fraction of sp³-hybridized carbons (Fsp3) is 0.455. The molecule has 0 bridgehead atoms. The van der Waals surface area contributed by atoms with E-state index in [1.165, 1.54) is 12.1 Å². The number of aliphatic hydroxyl groups is 1. The molecule has 0 unspecified atom stereocenters. The maximum absolute atomic E-state index is 12.5. The van der Waals surface area contributed by atoms with Gasteiger partial charge in [-0.05, 0) is 43.9 Å². The van der Waals surface area contributed by atoms with Gasteiger partial charge in [0.15, 0.2) is 0 Å². The fourth-order valence-corrected chi connectivity index (χ4v) is 1.25. The maximum atomic E-state index is 12.5. The van der Waals surface area contributed by atoms with Gasteiger partial charge in [-0.15, -0.1) is 0 Å². The van der Waals surface area contributed by atoms with Crippen molar-refractivity contribution in [2.75, 3.05) is 0 Å². The zero-order valence-electron chi connectivity index (χ0n) is 7.83. The van der Waals surface area contributed by atoms with Crippen molar-refractivity contribution in [2.45, 2.75) is 32.3 Å². The fourth-order valence-electron chi connectivity index (χ4n) is 1.25. The van der Waals surface area contributed by atoms with Crippen molar-refractivity contribution < 1.29 is 9.50 Å². The molecule has 0 saturated heterocycles. The molecule has 1 atom stereocenters. The highest BCUT2D eigenvalue weighted by Crippen LogP contribution is 2.07. The first-order valence-electron chi connectivity index (χ1n) is 4.61. The Labute approximate surface area is 78.2 Å². The molecule has 0 fully saturated rings. The summed E-state index contributed by atoms with van der Waals surface area (Å²) in [7, 11) is 0. The molecule has 0 aliphatic heterocycles. The van der Waals surface area contributed by atoms with Gasteiger partial charge in [-0.2, -0.15) is 0 Å². The molecule has 0 spiro atoms. The van der Waals surface area contributed by atoms with Gasteiger partial charge in [0.05, 0.1) is 6.10 Å². The number of hydrogen-bond donors (Lipinski definition) is 1. The predicted octanol–water partition coefficient (Wildman–Crippen LogP) is 2.53. The first kappa shape index (κ1) is 10.2. The summed E-state index contributed by atoms with van der Waals surface area (Å²) in [5, 5.41) is 9.01. The van der Waals surface area contributed by atoms with Gasteiger partial charge in [0.25, 0.3) is 0 Å². The van der Waals surface area contributed by atoms with Gasteiger partial charge in [0, 0.05) is 0 Å². The smallest absolute Gasteiger partial charge is 0.123 e. The normalized spacial score (nSPS) is 12.8. The Morgan fingerprint density at radius 3 is 2.46 bits per heavy atom. The van der Waals surface area contributed by atoms with Crippen molar-refractivity contribution in [2.24, 2.45) is 0 Å². The van der Waals surface area contributed by atoms with Crippen LogP contribution in [-0.2, 0) is 6.42 Å². The number of rotatable bonds is 4. The van der Waals surface area contributed by atoms with Gasteiger partial charge in [-0.25, -0.2) is 4.39 Å². The Bertz CT molecular complexity index is 241. The first-order chi connectivity index (χ1) is 6.18. The lowest BCUT2D eigenvalue weighted by atomic mass is 10.1. The molecule has 0 aromatic heterocycles. The standard InChI is InChI=1S/C11H15FO/c1-9(13)3-2-4-10-5-7-11(12)8-6-10/h5-9,13H,2-4H2,1H3/t9-/m0/s1.